The first-order valence-corrected chi connectivity index (χ1v) is 9.16. The highest BCUT2D eigenvalue weighted by atomic mass is 79.9. The molecule has 0 bridgehead atoms. The van der Waals surface area contributed by atoms with Crippen molar-refractivity contribution < 1.29 is 4.74 Å². The molecule has 1 atom stereocenters. The third kappa shape index (κ3) is 4.15. The summed E-state index contributed by atoms with van der Waals surface area (Å²) in [5, 5.41) is 0. The molecule has 1 aromatic heterocycles. The topological polar surface area (TPSA) is 28.6 Å². The predicted molar refractivity (Wildman–Crippen MR) is 101 cm³/mol. The van der Waals surface area contributed by atoms with E-state index in [0.29, 0.717) is 0 Å². The summed E-state index contributed by atoms with van der Waals surface area (Å²) in [6, 6.07) is 12.8. The lowest BCUT2D eigenvalue weighted by atomic mass is 10.2. The number of methoxy groups -OCH3 is 1. The van der Waals surface area contributed by atoms with Crippen LogP contribution in [0.15, 0.2) is 47.1 Å². The van der Waals surface area contributed by atoms with E-state index in [-0.39, 0.29) is 6.10 Å². The molecule has 0 radical (unpaired) electrons. The van der Waals surface area contributed by atoms with Crippen molar-refractivity contribution in [2.75, 3.05) is 38.2 Å². The number of rotatable bonds is 5. The minimum atomic E-state index is -0.00357. The molecule has 1 aliphatic rings. The molecule has 2 heterocycles. The Morgan fingerprint density at radius 3 is 2.50 bits per heavy atom. The Labute approximate surface area is 152 Å². The average molecular weight is 390 g/mol. The number of anilines is 1. The molecule has 24 heavy (non-hydrogen) atoms. The number of benzene rings is 1. The largest absolute Gasteiger partial charge is 0.375 e. The Kier molecular flexibility index (Phi) is 5.87. The van der Waals surface area contributed by atoms with E-state index in [4.69, 9.17) is 4.74 Å². The van der Waals surface area contributed by atoms with Gasteiger partial charge in [0, 0.05) is 44.3 Å². The van der Waals surface area contributed by atoms with Gasteiger partial charge in [-0.25, -0.2) is 0 Å². The standard InChI is InChI=1S/C19H24BrN3O/c1-15(24-2)19-18(20)12-17(13-21-19)23-10-8-22(9-11-23)14-16-6-4-3-5-7-16/h3-7,12-13,15H,8-11,14H2,1-2H3/t15-/m0/s1. The van der Waals surface area contributed by atoms with Crippen LogP contribution in [0.3, 0.4) is 0 Å². The minimum Gasteiger partial charge on any atom is -0.375 e. The monoisotopic (exact) mass is 389 g/mol. The van der Waals surface area contributed by atoms with Gasteiger partial charge in [0.05, 0.1) is 23.7 Å². The van der Waals surface area contributed by atoms with Crippen LogP contribution in [-0.4, -0.2) is 43.2 Å². The van der Waals surface area contributed by atoms with Crippen LogP contribution in [0.4, 0.5) is 5.69 Å². The van der Waals surface area contributed by atoms with Crippen molar-refractivity contribution in [3.63, 3.8) is 0 Å². The first-order chi connectivity index (χ1) is 11.7. The number of halogens is 1. The van der Waals surface area contributed by atoms with Gasteiger partial charge in [0.15, 0.2) is 0 Å². The van der Waals surface area contributed by atoms with Crippen molar-refractivity contribution >= 4 is 21.6 Å². The van der Waals surface area contributed by atoms with Gasteiger partial charge in [0.25, 0.3) is 0 Å². The zero-order chi connectivity index (χ0) is 16.9. The fourth-order valence-electron chi connectivity index (χ4n) is 3.03. The van der Waals surface area contributed by atoms with Crippen molar-refractivity contribution in [1.82, 2.24) is 9.88 Å². The van der Waals surface area contributed by atoms with Crippen LogP contribution in [0.5, 0.6) is 0 Å². The number of pyridine rings is 1. The molecule has 3 rings (SSSR count). The van der Waals surface area contributed by atoms with Crippen LogP contribution in [0.25, 0.3) is 0 Å². The zero-order valence-corrected chi connectivity index (χ0v) is 15.9. The van der Waals surface area contributed by atoms with Crippen LogP contribution in [0.1, 0.15) is 24.3 Å². The SMILES string of the molecule is CO[C@@H](C)c1ncc(N2CCN(Cc3ccccc3)CC2)cc1Br. The average Bonchev–Trinajstić information content (AvgIpc) is 2.62. The van der Waals surface area contributed by atoms with E-state index in [1.54, 1.807) is 7.11 Å². The van der Waals surface area contributed by atoms with Crippen molar-refractivity contribution in [1.29, 1.82) is 0 Å². The van der Waals surface area contributed by atoms with Gasteiger partial charge in [-0.15, -0.1) is 0 Å². The molecule has 5 heteroatoms. The summed E-state index contributed by atoms with van der Waals surface area (Å²) in [7, 11) is 1.71. The third-order valence-corrected chi connectivity index (χ3v) is 5.22. The lowest BCUT2D eigenvalue weighted by molar-refractivity contribution is 0.115. The molecular weight excluding hydrogens is 366 g/mol. The van der Waals surface area contributed by atoms with Gasteiger partial charge in [-0.2, -0.15) is 0 Å². The maximum Gasteiger partial charge on any atom is 0.0974 e. The van der Waals surface area contributed by atoms with E-state index in [2.05, 4.69) is 67.1 Å². The van der Waals surface area contributed by atoms with Gasteiger partial charge in [0.2, 0.25) is 0 Å². The zero-order valence-electron chi connectivity index (χ0n) is 14.3. The van der Waals surface area contributed by atoms with E-state index in [9.17, 15) is 0 Å². The molecule has 0 saturated carbocycles. The van der Waals surface area contributed by atoms with Gasteiger partial charge >= 0.3 is 0 Å². The lowest BCUT2D eigenvalue weighted by Crippen LogP contribution is -2.46. The third-order valence-electron chi connectivity index (χ3n) is 4.58. The normalized spacial score (nSPS) is 17.0. The Balaban J connectivity index is 1.59. The van der Waals surface area contributed by atoms with Crippen LogP contribution in [-0.2, 0) is 11.3 Å². The van der Waals surface area contributed by atoms with Gasteiger partial charge in [0.1, 0.15) is 0 Å². The first kappa shape index (κ1) is 17.4. The molecule has 0 N–H and O–H groups in total. The smallest absolute Gasteiger partial charge is 0.0974 e. The van der Waals surface area contributed by atoms with Gasteiger partial charge in [-0.3, -0.25) is 9.88 Å². The summed E-state index contributed by atoms with van der Waals surface area (Å²) in [6.45, 7) is 7.24. The molecular formula is C19H24BrN3O. The summed E-state index contributed by atoms with van der Waals surface area (Å²) in [6.07, 6.45) is 1.96. The number of nitrogens with zero attached hydrogens (tertiary/aromatic N) is 3. The van der Waals surface area contributed by atoms with Crippen LogP contribution < -0.4 is 4.90 Å². The predicted octanol–water partition coefficient (Wildman–Crippen LogP) is 3.87. The van der Waals surface area contributed by atoms with E-state index >= 15 is 0 Å². The molecule has 4 nitrogen and oxygen atoms in total. The number of ether oxygens (including phenoxy) is 1. The van der Waals surface area contributed by atoms with E-state index in [1.807, 2.05) is 13.1 Å². The fourth-order valence-corrected chi connectivity index (χ4v) is 3.69. The number of hydrogen-bond donors (Lipinski definition) is 0. The second-order valence-electron chi connectivity index (χ2n) is 6.19. The Morgan fingerprint density at radius 2 is 1.88 bits per heavy atom. The van der Waals surface area contributed by atoms with Crippen LogP contribution >= 0.6 is 15.9 Å². The number of piperazine rings is 1. The van der Waals surface area contributed by atoms with E-state index in [1.165, 1.54) is 11.3 Å². The molecule has 1 aromatic carbocycles. The van der Waals surface area contributed by atoms with Crippen molar-refractivity contribution in [2.24, 2.45) is 0 Å². The summed E-state index contributed by atoms with van der Waals surface area (Å²) >= 11 is 3.63. The van der Waals surface area contributed by atoms with Crippen molar-refractivity contribution in [3.05, 3.63) is 58.3 Å². The van der Waals surface area contributed by atoms with Crippen LogP contribution in [0.2, 0.25) is 0 Å². The number of aromatic nitrogens is 1. The molecule has 0 unspecified atom stereocenters. The molecule has 0 amide bonds. The molecule has 1 saturated heterocycles. The Bertz CT molecular complexity index is 657. The van der Waals surface area contributed by atoms with Crippen molar-refractivity contribution in [2.45, 2.75) is 19.6 Å². The molecule has 0 spiro atoms. The Hall–Kier alpha value is -1.43. The highest BCUT2D eigenvalue weighted by Gasteiger charge is 2.19. The van der Waals surface area contributed by atoms with E-state index < -0.39 is 0 Å². The molecule has 1 fully saturated rings. The van der Waals surface area contributed by atoms with E-state index in [0.717, 1.165) is 42.9 Å². The maximum atomic E-state index is 5.36. The summed E-state index contributed by atoms with van der Waals surface area (Å²) in [4.78, 5) is 9.50. The quantitative estimate of drug-likeness (QED) is 0.775. The summed E-state index contributed by atoms with van der Waals surface area (Å²) in [5.41, 5.74) is 3.51. The van der Waals surface area contributed by atoms with Gasteiger partial charge < -0.3 is 9.64 Å². The maximum absolute atomic E-state index is 5.36. The summed E-state index contributed by atoms with van der Waals surface area (Å²) in [5.74, 6) is 0. The fraction of sp³-hybridized carbons (Fsp3) is 0.421. The van der Waals surface area contributed by atoms with Crippen LogP contribution in [0, 0.1) is 0 Å². The second kappa shape index (κ2) is 8.10. The lowest BCUT2D eigenvalue weighted by Gasteiger charge is -2.36. The molecule has 128 valence electrons. The molecule has 2 aromatic rings. The van der Waals surface area contributed by atoms with Crippen molar-refractivity contribution in [3.8, 4) is 0 Å². The molecule has 0 aliphatic carbocycles. The first-order valence-electron chi connectivity index (χ1n) is 8.37. The second-order valence-corrected chi connectivity index (χ2v) is 7.04. The minimum absolute atomic E-state index is 0.00357. The highest BCUT2D eigenvalue weighted by molar-refractivity contribution is 9.10. The van der Waals surface area contributed by atoms with Gasteiger partial charge in [-0.1, -0.05) is 30.3 Å². The Morgan fingerprint density at radius 1 is 1.17 bits per heavy atom. The molecule has 1 aliphatic heterocycles. The summed E-state index contributed by atoms with van der Waals surface area (Å²) < 4.78 is 6.38. The highest BCUT2D eigenvalue weighted by Crippen LogP contribution is 2.28. The van der Waals surface area contributed by atoms with Gasteiger partial charge in [-0.05, 0) is 34.5 Å². The number of hydrogen-bond acceptors (Lipinski definition) is 4.